The molecule has 0 radical (unpaired) electrons. The van der Waals surface area contributed by atoms with Crippen LogP contribution in [-0.2, 0) is 0 Å². The molecule has 18 heavy (non-hydrogen) atoms. The Morgan fingerprint density at radius 1 is 1.17 bits per heavy atom. The van der Waals surface area contributed by atoms with Gasteiger partial charge in [0.15, 0.2) is 0 Å². The topological polar surface area (TPSA) is 30.2 Å². The first-order valence-corrected chi connectivity index (χ1v) is 5.41. The summed E-state index contributed by atoms with van der Waals surface area (Å²) in [4.78, 5) is 8.19. The Hall–Kier alpha value is -2.30. The molecule has 0 spiro atoms. The molecule has 3 aromatic rings. The number of aromatic nitrogens is 3. The third-order valence-corrected chi connectivity index (χ3v) is 2.76. The van der Waals surface area contributed by atoms with E-state index in [1.807, 2.05) is 0 Å². The predicted octanol–water partition coefficient (Wildman–Crippen LogP) is 2.98. The lowest BCUT2D eigenvalue weighted by Gasteiger charge is -2.02. The highest BCUT2D eigenvalue weighted by molar-refractivity contribution is 5.62. The van der Waals surface area contributed by atoms with Gasteiger partial charge >= 0.3 is 0 Å². The molecule has 3 rings (SSSR count). The molecule has 2 aromatic heterocycles. The number of rotatable bonds is 1. The lowest BCUT2D eigenvalue weighted by atomic mass is 10.1. The van der Waals surface area contributed by atoms with Crippen LogP contribution in [0.15, 0.2) is 36.8 Å². The molecule has 0 amide bonds. The first-order chi connectivity index (χ1) is 8.65. The van der Waals surface area contributed by atoms with Crippen molar-refractivity contribution in [2.45, 2.75) is 6.92 Å². The monoisotopic (exact) mass is 245 g/mol. The Kier molecular flexibility index (Phi) is 2.33. The summed E-state index contributed by atoms with van der Waals surface area (Å²) in [5, 5.41) is 0. The van der Waals surface area contributed by atoms with Gasteiger partial charge in [-0.3, -0.25) is 4.40 Å². The van der Waals surface area contributed by atoms with E-state index in [1.165, 1.54) is 13.0 Å². The van der Waals surface area contributed by atoms with E-state index < -0.39 is 11.6 Å². The van der Waals surface area contributed by atoms with Crippen LogP contribution in [0.4, 0.5) is 8.78 Å². The predicted molar refractivity (Wildman–Crippen MR) is 63.1 cm³/mol. The second-order valence-electron chi connectivity index (χ2n) is 4.03. The largest absolute Gasteiger partial charge is 0.291 e. The van der Waals surface area contributed by atoms with E-state index in [-0.39, 0.29) is 11.1 Å². The van der Waals surface area contributed by atoms with Gasteiger partial charge in [0.25, 0.3) is 0 Å². The first-order valence-electron chi connectivity index (χ1n) is 5.41. The van der Waals surface area contributed by atoms with Gasteiger partial charge in [-0.15, -0.1) is 0 Å². The molecule has 0 saturated heterocycles. The summed E-state index contributed by atoms with van der Waals surface area (Å²) in [6.45, 7) is 1.52. The van der Waals surface area contributed by atoms with Crippen LogP contribution < -0.4 is 0 Å². The van der Waals surface area contributed by atoms with E-state index >= 15 is 0 Å². The van der Waals surface area contributed by atoms with Crippen molar-refractivity contribution in [3.05, 3.63) is 54.0 Å². The molecular weight excluding hydrogens is 236 g/mol. The molecule has 5 heteroatoms. The highest BCUT2D eigenvalue weighted by atomic mass is 19.1. The van der Waals surface area contributed by atoms with Gasteiger partial charge in [-0.2, -0.15) is 0 Å². The minimum Gasteiger partial charge on any atom is -0.291 e. The van der Waals surface area contributed by atoms with E-state index in [9.17, 15) is 8.78 Å². The third kappa shape index (κ3) is 1.64. The molecule has 90 valence electrons. The number of imidazole rings is 1. The number of halogens is 2. The zero-order valence-corrected chi connectivity index (χ0v) is 9.56. The van der Waals surface area contributed by atoms with Gasteiger partial charge in [0.2, 0.25) is 5.78 Å². The quantitative estimate of drug-likeness (QED) is 0.659. The Morgan fingerprint density at radius 3 is 2.78 bits per heavy atom. The van der Waals surface area contributed by atoms with Gasteiger partial charge in [0.1, 0.15) is 11.6 Å². The van der Waals surface area contributed by atoms with Gasteiger partial charge in [-0.25, -0.2) is 18.7 Å². The Balaban J connectivity index is 2.22. The fraction of sp³-hybridized carbons (Fsp3) is 0.0769. The molecule has 0 N–H and O–H groups in total. The van der Waals surface area contributed by atoms with Crippen LogP contribution in [0.25, 0.3) is 17.0 Å². The number of fused-ring (bicyclic) bond motifs is 1. The van der Waals surface area contributed by atoms with Crippen LogP contribution >= 0.6 is 0 Å². The molecule has 0 fully saturated rings. The third-order valence-electron chi connectivity index (χ3n) is 2.76. The fourth-order valence-corrected chi connectivity index (χ4v) is 1.80. The number of hydrogen-bond acceptors (Lipinski definition) is 2. The summed E-state index contributed by atoms with van der Waals surface area (Å²) in [6.07, 6.45) is 4.97. The first kappa shape index (κ1) is 10.8. The van der Waals surface area contributed by atoms with Crippen molar-refractivity contribution in [3.63, 3.8) is 0 Å². The fourth-order valence-electron chi connectivity index (χ4n) is 1.80. The van der Waals surface area contributed by atoms with Crippen LogP contribution in [0.3, 0.4) is 0 Å². The average Bonchev–Trinajstić information content (AvgIpc) is 2.77. The van der Waals surface area contributed by atoms with E-state index in [0.717, 1.165) is 6.07 Å². The van der Waals surface area contributed by atoms with Gasteiger partial charge in [-0.05, 0) is 30.7 Å². The molecule has 0 aliphatic heterocycles. The van der Waals surface area contributed by atoms with Crippen molar-refractivity contribution in [1.82, 2.24) is 14.4 Å². The lowest BCUT2D eigenvalue weighted by Crippen LogP contribution is -1.90. The Labute approximate surface area is 102 Å². The van der Waals surface area contributed by atoms with Crippen molar-refractivity contribution >= 4 is 5.78 Å². The van der Waals surface area contributed by atoms with Crippen molar-refractivity contribution in [1.29, 1.82) is 0 Å². The van der Waals surface area contributed by atoms with Crippen molar-refractivity contribution in [2.75, 3.05) is 0 Å². The van der Waals surface area contributed by atoms with E-state index in [4.69, 9.17) is 0 Å². The van der Waals surface area contributed by atoms with Crippen LogP contribution in [-0.4, -0.2) is 14.4 Å². The maximum Gasteiger partial charge on any atom is 0.234 e. The second-order valence-corrected chi connectivity index (χ2v) is 4.03. The van der Waals surface area contributed by atoms with Crippen LogP contribution in [0, 0.1) is 18.6 Å². The molecule has 3 nitrogen and oxygen atoms in total. The highest BCUT2D eigenvalue weighted by Crippen LogP contribution is 2.24. The maximum atomic E-state index is 13.8. The van der Waals surface area contributed by atoms with Gasteiger partial charge in [0, 0.05) is 24.2 Å². The minimum atomic E-state index is -0.489. The highest BCUT2D eigenvalue weighted by Gasteiger charge is 2.12. The van der Waals surface area contributed by atoms with E-state index in [0.29, 0.717) is 11.5 Å². The molecule has 0 saturated carbocycles. The molecule has 0 atom stereocenters. The summed E-state index contributed by atoms with van der Waals surface area (Å²) in [5.41, 5.74) is 0.784. The van der Waals surface area contributed by atoms with Crippen molar-refractivity contribution in [2.24, 2.45) is 0 Å². The van der Waals surface area contributed by atoms with Gasteiger partial charge in [0.05, 0.1) is 5.69 Å². The number of aryl methyl sites for hydroxylation is 1. The van der Waals surface area contributed by atoms with Gasteiger partial charge < -0.3 is 0 Å². The molecule has 0 aliphatic carbocycles. The SMILES string of the molecule is Cc1cc(F)c(-c2cn3cccnc3n2)cc1F. The van der Waals surface area contributed by atoms with Crippen LogP contribution in [0.1, 0.15) is 5.56 Å². The summed E-state index contributed by atoms with van der Waals surface area (Å²) >= 11 is 0. The summed E-state index contributed by atoms with van der Waals surface area (Å²) in [7, 11) is 0. The van der Waals surface area contributed by atoms with Crippen LogP contribution in [0.2, 0.25) is 0 Å². The minimum absolute atomic E-state index is 0.142. The van der Waals surface area contributed by atoms with E-state index in [1.54, 1.807) is 29.1 Å². The zero-order valence-electron chi connectivity index (χ0n) is 9.56. The Morgan fingerprint density at radius 2 is 2.00 bits per heavy atom. The molecule has 0 unspecified atom stereocenters. The number of benzene rings is 1. The van der Waals surface area contributed by atoms with E-state index in [2.05, 4.69) is 9.97 Å². The second kappa shape index (κ2) is 3.87. The summed E-state index contributed by atoms with van der Waals surface area (Å²) < 4.78 is 29.0. The van der Waals surface area contributed by atoms with Gasteiger partial charge in [-0.1, -0.05) is 0 Å². The Bertz CT molecular complexity index is 701. The molecule has 0 aliphatic rings. The standard InChI is InChI=1S/C13H9F2N3/c1-8-5-11(15)9(6-10(8)14)12-7-18-4-2-3-16-13(18)17-12/h2-7H,1H3. The zero-order chi connectivity index (χ0) is 12.7. The number of hydrogen-bond donors (Lipinski definition) is 0. The van der Waals surface area contributed by atoms with Crippen molar-refractivity contribution in [3.8, 4) is 11.3 Å². The normalized spacial score (nSPS) is 11.1. The number of nitrogens with zero attached hydrogens (tertiary/aromatic N) is 3. The molecule has 1 aromatic carbocycles. The smallest absolute Gasteiger partial charge is 0.234 e. The molecular formula is C13H9F2N3. The average molecular weight is 245 g/mol. The molecule has 0 bridgehead atoms. The molecule has 2 heterocycles. The van der Waals surface area contributed by atoms with Crippen LogP contribution in [0.5, 0.6) is 0 Å². The van der Waals surface area contributed by atoms with Crippen molar-refractivity contribution < 1.29 is 8.78 Å². The summed E-state index contributed by atoms with van der Waals surface area (Å²) in [5.74, 6) is -0.485. The maximum absolute atomic E-state index is 13.8. The lowest BCUT2D eigenvalue weighted by molar-refractivity contribution is 0.595. The summed E-state index contributed by atoms with van der Waals surface area (Å²) in [6, 6.07) is 4.07.